The summed E-state index contributed by atoms with van der Waals surface area (Å²) in [4.78, 5) is 4.50. The Morgan fingerprint density at radius 2 is 1.65 bits per heavy atom. The summed E-state index contributed by atoms with van der Waals surface area (Å²) in [5, 5.41) is 2.31. The van der Waals surface area contributed by atoms with Gasteiger partial charge in [0.05, 0.1) is 11.6 Å². The average Bonchev–Trinajstić information content (AvgIpc) is 2.64. The standard InChI is InChI=1S/C22H18F3N/c1-16(20-13-5-10-18-9-2-3-12-21(18)20)26-14-6-8-17-7-4-11-19(15-17)22(23,24)25/h2-16H,1H3/t16-/m1/s1. The normalized spacial score (nSPS) is 13.7. The lowest BCUT2D eigenvalue weighted by molar-refractivity contribution is -0.137. The van der Waals surface area contributed by atoms with E-state index in [9.17, 15) is 13.2 Å². The van der Waals surface area contributed by atoms with Gasteiger partial charge in [-0.3, -0.25) is 4.99 Å². The van der Waals surface area contributed by atoms with Crippen molar-refractivity contribution in [1.29, 1.82) is 0 Å². The number of nitrogens with zero attached hydrogens (tertiary/aromatic N) is 1. The van der Waals surface area contributed by atoms with Crippen molar-refractivity contribution in [1.82, 2.24) is 0 Å². The molecule has 0 aliphatic carbocycles. The molecule has 0 heterocycles. The zero-order chi connectivity index (χ0) is 18.6. The first kappa shape index (κ1) is 17.9. The Morgan fingerprint density at radius 3 is 2.46 bits per heavy atom. The second kappa shape index (κ2) is 7.56. The molecule has 26 heavy (non-hydrogen) atoms. The molecule has 3 aromatic rings. The predicted octanol–water partition coefficient (Wildman–Crippen LogP) is 6.70. The van der Waals surface area contributed by atoms with Gasteiger partial charge in [0.25, 0.3) is 0 Å². The van der Waals surface area contributed by atoms with Crippen molar-refractivity contribution < 1.29 is 13.2 Å². The van der Waals surface area contributed by atoms with E-state index in [-0.39, 0.29) is 6.04 Å². The first-order chi connectivity index (χ1) is 12.4. The van der Waals surface area contributed by atoms with Crippen molar-refractivity contribution in [3.63, 3.8) is 0 Å². The lowest BCUT2D eigenvalue weighted by atomic mass is 10.0. The first-order valence-corrected chi connectivity index (χ1v) is 8.30. The second-order valence-electron chi connectivity index (χ2n) is 6.02. The van der Waals surface area contributed by atoms with Crippen LogP contribution in [-0.4, -0.2) is 6.21 Å². The summed E-state index contributed by atoms with van der Waals surface area (Å²) in [5.41, 5.74) is 0.955. The molecule has 4 heteroatoms. The van der Waals surface area contributed by atoms with Crippen LogP contribution in [0, 0.1) is 0 Å². The summed E-state index contributed by atoms with van der Waals surface area (Å²) < 4.78 is 38.2. The Balaban J connectivity index is 1.75. The lowest BCUT2D eigenvalue weighted by Crippen LogP contribution is -2.04. The van der Waals surface area contributed by atoms with Crippen molar-refractivity contribution in [3.8, 4) is 0 Å². The highest BCUT2D eigenvalue weighted by Gasteiger charge is 2.30. The molecule has 0 aliphatic rings. The van der Waals surface area contributed by atoms with Crippen LogP contribution in [0.1, 0.15) is 29.7 Å². The van der Waals surface area contributed by atoms with E-state index in [1.165, 1.54) is 6.07 Å². The van der Waals surface area contributed by atoms with E-state index in [1.807, 2.05) is 31.2 Å². The summed E-state index contributed by atoms with van der Waals surface area (Å²) >= 11 is 0. The van der Waals surface area contributed by atoms with E-state index in [2.05, 4.69) is 23.2 Å². The number of hydrogen-bond donors (Lipinski definition) is 0. The van der Waals surface area contributed by atoms with E-state index >= 15 is 0 Å². The van der Waals surface area contributed by atoms with Gasteiger partial charge in [-0.2, -0.15) is 13.2 Å². The van der Waals surface area contributed by atoms with Crippen LogP contribution in [0.25, 0.3) is 16.8 Å². The number of fused-ring (bicyclic) bond motifs is 1. The minimum atomic E-state index is -4.33. The van der Waals surface area contributed by atoms with Gasteiger partial charge in [-0.1, -0.05) is 60.7 Å². The zero-order valence-corrected chi connectivity index (χ0v) is 14.2. The van der Waals surface area contributed by atoms with Crippen LogP contribution in [0.2, 0.25) is 0 Å². The average molecular weight is 353 g/mol. The number of aliphatic imine (C=N–C) groups is 1. The Hall–Kier alpha value is -2.88. The van der Waals surface area contributed by atoms with Crippen LogP contribution in [-0.2, 0) is 6.18 Å². The largest absolute Gasteiger partial charge is 0.416 e. The molecule has 0 amide bonds. The molecule has 3 aromatic carbocycles. The van der Waals surface area contributed by atoms with E-state index in [0.717, 1.165) is 28.5 Å². The Labute approximate surface area is 150 Å². The van der Waals surface area contributed by atoms with Crippen LogP contribution in [0.15, 0.2) is 77.8 Å². The van der Waals surface area contributed by atoms with Crippen molar-refractivity contribution in [2.75, 3.05) is 0 Å². The number of rotatable bonds is 4. The Kier molecular flexibility index (Phi) is 5.21. The quantitative estimate of drug-likeness (QED) is 0.463. The maximum absolute atomic E-state index is 12.7. The summed E-state index contributed by atoms with van der Waals surface area (Å²) in [5.74, 6) is 0. The van der Waals surface area contributed by atoms with Crippen molar-refractivity contribution in [2.45, 2.75) is 19.1 Å². The van der Waals surface area contributed by atoms with Crippen molar-refractivity contribution in [2.24, 2.45) is 4.99 Å². The van der Waals surface area contributed by atoms with Gasteiger partial charge >= 0.3 is 6.18 Å². The third-order valence-electron chi connectivity index (χ3n) is 4.17. The van der Waals surface area contributed by atoms with Crippen LogP contribution >= 0.6 is 0 Å². The zero-order valence-electron chi connectivity index (χ0n) is 14.2. The van der Waals surface area contributed by atoms with E-state index in [4.69, 9.17) is 0 Å². The van der Waals surface area contributed by atoms with Gasteiger partial charge in [-0.05, 0) is 47.0 Å². The number of allylic oxidation sites excluding steroid dienone is 1. The maximum Gasteiger partial charge on any atom is 0.416 e. The third-order valence-corrected chi connectivity index (χ3v) is 4.17. The number of halogens is 3. The van der Waals surface area contributed by atoms with E-state index in [0.29, 0.717) is 5.56 Å². The number of hydrogen-bond acceptors (Lipinski definition) is 1. The van der Waals surface area contributed by atoms with E-state index in [1.54, 1.807) is 24.4 Å². The molecule has 0 spiro atoms. The third kappa shape index (κ3) is 4.20. The molecule has 3 rings (SSSR count). The molecular formula is C22H18F3N. The fourth-order valence-corrected chi connectivity index (χ4v) is 2.85. The monoisotopic (exact) mass is 353 g/mol. The molecule has 0 saturated carbocycles. The lowest BCUT2D eigenvalue weighted by Gasteiger charge is -2.10. The summed E-state index contributed by atoms with van der Waals surface area (Å²) in [6, 6.07) is 19.4. The molecule has 0 radical (unpaired) electrons. The van der Waals surface area contributed by atoms with Gasteiger partial charge in [-0.15, -0.1) is 0 Å². The highest BCUT2D eigenvalue weighted by atomic mass is 19.4. The second-order valence-corrected chi connectivity index (χ2v) is 6.02. The fraction of sp³-hybridized carbons (Fsp3) is 0.136. The highest BCUT2D eigenvalue weighted by molar-refractivity contribution is 5.86. The summed E-state index contributed by atoms with van der Waals surface area (Å²) in [6.07, 6.45) is 0.583. The van der Waals surface area contributed by atoms with Crippen molar-refractivity contribution >= 4 is 23.1 Å². The first-order valence-electron chi connectivity index (χ1n) is 8.30. The molecule has 0 bridgehead atoms. The topological polar surface area (TPSA) is 12.4 Å². The van der Waals surface area contributed by atoms with Crippen LogP contribution in [0.5, 0.6) is 0 Å². The van der Waals surface area contributed by atoms with Crippen molar-refractivity contribution in [3.05, 3.63) is 89.5 Å². The highest BCUT2D eigenvalue weighted by Crippen LogP contribution is 2.30. The van der Waals surface area contributed by atoms with Gasteiger partial charge in [0.1, 0.15) is 0 Å². The van der Waals surface area contributed by atoms with E-state index < -0.39 is 11.7 Å². The molecule has 132 valence electrons. The maximum atomic E-state index is 12.7. The molecule has 0 aromatic heterocycles. The molecule has 0 fully saturated rings. The van der Waals surface area contributed by atoms with Crippen LogP contribution < -0.4 is 0 Å². The molecule has 0 N–H and O–H groups in total. The van der Waals surface area contributed by atoms with Gasteiger partial charge < -0.3 is 0 Å². The van der Waals surface area contributed by atoms with Crippen LogP contribution in [0.4, 0.5) is 13.2 Å². The minimum absolute atomic E-state index is 0.0488. The number of benzene rings is 3. The SMILES string of the molecule is C[C@@H](N=CC=Cc1cccc(C(F)(F)F)c1)c1cccc2ccccc12. The van der Waals surface area contributed by atoms with Gasteiger partial charge in [0.15, 0.2) is 0 Å². The van der Waals surface area contributed by atoms with Gasteiger partial charge in [-0.25, -0.2) is 0 Å². The van der Waals surface area contributed by atoms with Gasteiger partial charge in [0, 0.05) is 6.21 Å². The molecule has 0 unspecified atom stereocenters. The number of alkyl halides is 3. The molecule has 0 aliphatic heterocycles. The molecule has 0 saturated heterocycles. The Morgan fingerprint density at radius 1 is 0.923 bits per heavy atom. The summed E-state index contributed by atoms with van der Waals surface area (Å²) in [6.45, 7) is 2.00. The minimum Gasteiger partial charge on any atom is -0.285 e. The molecule has 1 nitrogen and oxygen atoms in total. The van der Waals surface area contributed by atoms with Crippen LogP contribution in [0.3, 0.4) is 0 Å². The smallest absolute Gasteiger partial charge is 0.285 e. The Bertz CT molecular complexity index is 950. The fourth-order valence-electron chi connectivity index (χ4n) is 2.85. The summed E-state index contributed by atoms with van der Waals surface area (Å²) in [7, 11) is 0. The molecule has 1 atom stereocenters. The van der Waals surface area contributed by atoms with Gasteiger partial charge in [0.2, 0.25) is 0 Å². The predicted molar refractivity (Wildman–Crippen MR) is 101 cm³/mol. The molecular weight excluding hydrogens is 335 g/mol.